The molecule has 0 aliphatic heterocycles. The summed E-state index contributed by atoms with van der Waals surface area (Å²) < 4.78 is 5.19. The Morgan fingerprint density at radius 2 is 2.25 bits per heavy atom. The number of ether oxygens (including phenoxy) is 1. The molecule has 0 fully saturated rings. The predicted molar refractivity (Wildman–Crippen MR) is 59.4 cm³/mol. The van der Waals surface area contributed by atoms with Crippen molar-refractivity contribution >= 4 is 6.29 Å². The SMILES string of the molecule is COc1cccnc1-c1cncc(C=O)c1. The third-order valence-electron chi connectivity index (χ3n) is 2.16. The third kappa shape index (κ3) is 1.91. The molecular weight excluding hydrogens is 204 g/mol. The van der Waals surface area contributed by atoms with Gasteiger partial charge in [0.2, 0.25) is 0 Å². The summed E-state index contributed by atoms with van der Waals surface area (Å²) in [6, 6.07) is 5.33. The molecular formula is C12H10N2O2. The van der Waals surface area contributed by atoms with Crippen LogP contribution >= 0.6 is 0 Å². The van der Waals surface area contributed by atoms with E-state index >= 15 is 0 Å². The average Bonchev–Trinajstić information content (AvgIpc) is 2.38. The first kappa shape index (κ1) is 10.3. The van der Waals surface area contributed by atoms with Gasteiger partial charge in [-0.2, -0.15) is 0 Å². The molecule has 0 aliphatic carbocycles. The fraction of sp³-hybridized carbons (Fsp3) is 0.0833. The van der Waals surface area contributed by atoms with E-state index in [4.69, 9.17) is 4.74 Å². The van der Waals surface area contributed by atoms with Crippen LogP contribution in [0.3, 0.4) is 0 Å². The Morgan fingerprint density at radius 3 is 3.00 bits per heavy atom. The Bertz CT molecular complexity index is 512. The second kappa shape index (κ2) is 4.53. The zero-order valence-corrected chi connectivity index (χ0v) is 8.75. The highest BCUT2D eigenvalue weighted by Crippen LogP contribution is 2.26. The van der Waals surface area contributed by atoms with E-state index in [1.54, 1.807) is 31.6 Å². The summed E-state index contributed by atoms with van der Waals surface area (Å²) in [5.41, 5.74) is 1.97. The maximum absolute atomic E-state index is 10.7. The normalized spacial score (nSPS) is 9.81. The summed E-state index contributed by atoms with van der Waals surface area (Å²) in [4.78, 5) is 18.8. The molecule has 4 nitrogen and oxygen atoms in total. The molecule has 0 unspecified atom stereocenters. The van der Waals surface area contributed by atoms with Gasteiger partial charge in [-0.05, 0) is 18.2 Å². The monoisotopic (exact) mass is 214 g/mol. The van der Waals surface area contributed by atoms with Crippen LogP contribution in [0.4, 0.5) is 0 Å². The van der Waals surface area contributed by atoms with Crippen molar-refractivity contribution in [2.45, 2.75) is 0 Å². The number of carbonyl (C=O) groups excluding carboxylic acids is 1. The fourth-order valence-electron chi connectivity index (χ4n) is 1.42. The molecule has 2 rings (SSSR count). The Morgan fingerprint density at radius 1 is 1.38 bits per heavy atom. The quantitative estimate of drug-likeness (QED) is 0.733. The average molecular weight is 214 g/mol. The Labute approximate surface area is 92.9 Å². The first-order chi connectivity index (χ1) is 7.85. The van der Waals surface area contributed by atoms with Crippen molar-refractivity contribution in [2.24, 2.45) is 0 Å². The molecule has 80 valence electrons. The summed E-state index contributed by atoms with van der Waals surface area (Å²) in [5.74, 6) is 0.660. The molecule has 2 aromatic rings. The van der Waals surface area contributed by atoms with Crippen molar-refractivity contribution < 1.29 is 9.53 Å². The number of hydrogen-bond donors (Lipinski definition) is 0. The smallest absolute Gasteiger partial charge is 0.151 e. The summed E-state index contributed by atoms with van der Waals surface area (Å²) in [6.07, 6.45) is 5.58. The minimum absolute atomic E-state index is 0.519. The van der Waals surface area contributed by atoms with Crippen LogP contribution in [0.5, 0.6) is 5.75 Å². The van der Waals surface area contributed by atoms with E-state index in [-0.39, 0.29) is 0 Å². The molecule has 0 aromatic carbocycles. The number of methoxy groups -OCH3 is 1. The summed E-state index contributed by atoms with van der Waals surface area (Å²) in [5, 5.41) is 0. The van der Waals surface area contributed by atoms with Crippen LogP contribution in [-0.2, 0) is 0 Å². The number of nitrogens with zero attached hydrogens (tertiary/aromatic N) is 2. The van der Waals surface area contributed by atoms with Gasteiger partial charge in [0.25, 0.3) is 0 Å². The van der Waals surface area contributed by atoms with Crippen LogP contribution in [-0.4, -0.2) is 23.4 Å². The lowest BCUT2D eigenvalue weighted by Gasteiger charge is -2.06. The summed E-state index contributed by atoms with van der Waals surface area (Å²) >= 11 is 0. The topological polar surface area (TPSA) is 52.1 Å². The van der Waals surface area contributed by atoms with Crippen LogP contribution in [0.15, 0.2) is 36.8 Å². The van der Waals surface area contributed by atoms with Gasteiger partial charge in [-0.1, -0.05) is 0 Å². The van der Waals surface area contributed by atoms with Crippen LogP contribution in [0.2, 0.25) is 0 Å². The van der Waals surface area contributed by atoms with Gasteiger partial charge < -0.3 is 4.74 Å². The molecule has 0 amide bonds. The molecule has 2 aromatic heterocycles. The first-order valence-corrected chi connectivity index (χ1v) is 4.74. The number of hydrogen-bond acceptors (Lipinski definition) is 4. The molecule has 0 saturated heterocycles. The molecule has 0 saturated carbocycles. The zero-order valence-electron chi connectivity index (χ0n) is 8.75. The Balaban J connectivity index is 2.53. The molecule has 2 heterocycles. The summed E-state index contributed by atoms with van der Waals surface area (Å²) in [6.45, 7) is 0. The van der Waals surface area contributed by atoms with Gasteiger partial charge in [0, 0.05) is 29.7 Å². The maximum Gasteiger partial charge on any atom is 0.151 e. The van der Waals surface area contributed by atoms with Gasteiger partial charge in [-0.25, -0.2) is 0 Å². The minimum Gasteiger partial charge on any atom is -0.494 e. The molecule has 0 atom stereocenters. The lowest BCUT2D eigenvalue weighted by atomic mass is 10.1. The molecule has 0 spiro atoms. The van der Waals surface area contributed by atoms with E-state index < -0.39 is 0 Å². The van der Waals surface area contributed by atoms with Gasteiger partial charge in [-0.3, -0.25) is 14.8 Å². The first-order valence-electron chi connectivity index (χ1n) is 4.74. The number of aldehydes is 1. The van der Waals surface area contributed by atoms with E-state index in [1.807, 2.05) is 6.07 Å². The molecule has 16 heavy (non-hydrogen) atoms. The minimum atomic E-state index is 0.519. The molecule has 0 N–H and O–H groups in total. The van der Waals surface area contributed by atoms with E-state index in [0.717, 1.165) is 11.8 Å². The maximum atomic E-state index is 10.7. The number of rotatable bonds is 3. The summed E-state index contributed by atoms with van der Waals surface area (Å²) in [7, 11) is 1.58. The Kier molecular flexibility index (Phi) is 2.91. The lowest BCUT2D eigenvalue weighted by molar-refractivity contribution is 0.112. The van der Waals surface area contributed by atoms with Crippen LogP contribution < -0.4 is 4.74 Å². The highest BCUT2D eigenvalue weighted by Gasteiger charge is 2.07. The zero-order chi connectivity index (χ0) is 11.4. The molecule has 0 bridgehead atoms. The predicted octanol–water partition coefficient (Wildman–Crippen LogP) is 1.96. The largest absolute Gasteiger partial charge is 0.494 e. The molecule has 0 aliphatic rings. The second-order valence-corrected chi connectivity index (χ2v) is 3.18. The standard InChI is InChI=1S/C12H10N2O2/c1-16-11-3-2-4-14-12(11)10-5-9(8-15)6-13-7-10/h2-8H,1H3. The van der Waals surface area contributed by atoms with E-state index in [1.165, 1.54) is 6.20 Å². The van der Waals surface area contributed by atoms with Crippen molar-refractivity contribution in [3.8, 4) is 17.0 Å². The highest BCUT2D eigenvalue weighted by atomic mass is 16.5. The highest BCUT2D eigenvalue weighted by molar-refractivity contribution is 5.78. The van der Waals surface area contributed by atoms with Crippen molar-refractivity contribution in [3.05, 3.63) is 42.4 Å². The van der Waals surface area contributed by atoms with Crippen molar-refractivity contribution in [2.75, 3.05) is 7.11 Å². The Hall–Kier alpha value is -2.23. The fourth-order valence-corrected chi connectivity index (χ4v) is 1.42. The van der Waals surface area contributed by atoms with E-state index in [0.29, 0.717) is 17.0 Å². The lowest BCUT2D eigenvalue weighted by Crippen LogP contribution is -1.92. The number of pyridine rings is 2. The van der Waals surface area contributed by atoms with Gasteiger partial charge in [0.05, 0.1) is 7.11 Å². The van der Waals surface area contributed by atoms with Gasteiger partial charge in [0.15, 0.2) is 6.29 Å². The van der Waals surface area contributed by atoms with Crippen molar-refractivity contribution in [3.63, 3.8) is 0 Å². The van der Waals surface area contributed by atoms with Gasteiger partial charge in [0.1, 0.15) is 11.4 Å². The van der Waals surface area contributed by atoms with Gasteiger partial charge >= 0.3 is 0 Å². The third-order valence-corrected chi connectivity index (χ3v) is 2.16. The molecule has 4 heteroatoms. The number of carbonyl (C=O) groups is 1. The molecule has 0 radical (unpaired) electrons. The van der Waals surface area contributed by atoms with Crippen molar-refractivity contribution in [1.29, 1.82) is 0 Å². The number of aromatic nitrogens is 2. The van der Waals surface area contributed by atoms with Crippen LogP contribution in [0.25, 0.3) is 11.3 Å². The van der Waals surface area contributed by atoms with Gasteiger partial charge in [-0.15, -0.1) is 0 Å². The van der Waals surface area contributed by atoms with Crippen molar-refractivity contribution in [1.82, 2.24) is 9.97 Å². The van der Waals surface area contributed by atoms with Crippen LogP contribution in [0.1, 0.15) is 10.4 Å². The van der Waals surface area contributed by atoms with E-state index in [9.17, 15) is 4.79 Å². The van der Waals surface area contributed by atoms with E-state index in [2.05, 4.69) is 9.97 Å². The van der Waals surface area contributed by atoms with Crippen LogP contribution in [0, 0.1) is 0 Å². The second-order valence-electron chi connectivity index (χ2n) is 3.18.